The summed E-state index contributed by atoms with van der Waals surface area (Å²) >= 11 is 5.91. The number of aromatic nitrogens is 2. The van der Waals surface area contributed by atoms with Gasteiger partial charge in [0.1, 0.15) is 7.11 Å². The Morgan fingerprint density at radius 3 is 2.46 bits per heavy atom. The molecule has 0 saturated carbocycles. The first-order valence-electron chi connectivity index (χ1n) is 11.7. The van der Waals surface area contributed by atoms with Gasteiger partial charge in [0, 0.05) is 24.4 Å². The number of halogens is 4. The fourth-order valence-electron chi connectivity index (χ4n) is 4.23. The number of nitrogens with zero attached hydrogens (tertiary/aromatic N) is 3. The van der Waals surface area contributed by atoms with Crippen molar-refractivity contribution in [3.05, 3.63) is 91.9 Å². The van der Waals surface area contributed by atoms with Crippen molar-refractivity contribution in [2.24, 2.45) is 0 Å². The summed E-state index contributed by atoms with van der Waals surface area (Å²) < 4.78 is 39.6. The molecule has 0 saturated heterocycles. The van der Waals surface area contributed by atoms with Crippen LogP contribution in [0, 0.1) is 0 Å². The molecule has 4 rings (SSSR count). The Morgan fingerprint density at radius 1 is 1.16 bits per heavy atom. The highest BCUT2D eigenvalue weighted by Gasteiger charge is 2.30. The van der Waals surface area contributed by atoms with Crippen LogP contribution in [0.3, 0.4) is 0 Å². The molecule has 1 N–H and O–H groups in total. The average molecular weight is 535 g/mol. The number of rotatable bonds is 7. The van der Waals surface area contributed by atoms with Crippen LogP contribution in [0.1, 0.15) is 47.3 Å². The second-order valence-electron chi connectivity index (χ2n) is 8.82. The predicted octanol–water partition coefficient (Wildman–Crippen LogP) is 4.66. The summed E-state index contributed by atoms with van der Waals surface area (Å²) in [5.74, 6) is 0.0725. The lowest BCUT2D eigenvalue weighted by Gasteiger charge is -2.29. The number of hydrogen-bond donors (Lipinski definition) is 1. The monoisotopic (exact) mass is 534 g/mol. The molecular formula is C26H26ClF3N4O3. The van der Waals surface area contributed by atoms with Crippen molar-refractivity contribution in [3.63, 3.8) is 0 Å². The molecule has 0 radical (unpaired) electrons. The van der Waals surface area contributed by atoms with Gasteiger partial charge in [-0.05, 0) is 48.7 Å². The molecule has 1 aromatic heterocycles. The van der Waals surface area contributed by atoms with Crippen LogP contribution in [0.25, 0.3) is 0 Å². The van der Waals surface area contributed by atoms with Gasteiger partial charge in [-0.1, -0.05) is 35.9 Å². The van der Waals surface area contributed by atoms with E-state index >= 15 is 0 Å². The molecule has 1 aliphatic heterocycles. The van der Waals surface area contributed by atoms with E-state index in [0.717, 1.165) is 22.4 Å². The Bertz CT molecular complexity index is 1330. The summed E-state index contributed by atoms with van der Waals surface area (Å²) in [4.78, 5) is 37.5. The zero-order chi connectivity index (χ0) is 26.7. The fraction of sp³-hybridized carbons (Fsp3) is 0.346. The molecule has 2 aromatic carbocycles. The van der Waals surface area contributed by atoms with Gasteiger partial charge in [-0.25, -0.2) is 4.98 Å². The van der Waals surface area contributed by atoms with Gasteiger partial charge in [0.05, 0.1) is 29.4 Å². The van der Waals surface area contributed by atoms with Gasteiger partial charge in [-0.15, -0.1) is 4.73 Å². The maximum Gasteiger partial charge on any atom is 0.416 e. The minimum atomic E-state index is -4.42. The minimum absolute atomic E-state index is 0.0675. The number of carbonyl (C=O) groups excluding carboxylic acids is 1. The smallest absolute Gasteiger partial charge is 0.411 e. The first-order valence-corrected chi connectivity index (χ1v) is 12.1. The SMILES string of the molecule is COn1c(NC(C)c2ccc(C(F)(F)F)cc2)nc2c(c1=O)CN(C(=O)CCc1ccc(Cl)cc1)CC2. The normalized spacial score (nSPS) is 14.2. The highest BCUT2D eigenvalue weighted by Crippen LogP contribution is 2.30. The summed E-state index contributed by atoms with van der Waals surface area (Å²) in [6.45, 7) is 2.29. The molecule has 0 spiro atoms. The van der Waals surface area contributed by atoms with E-state index in [9.17, 15) is 22.8 Å². The third-order valence-corrected chi connectivity index (χ3v) is 6.60. The number of alkyl halides is 3. The maximum atomic E-state index is 13.2. The molecule has 11 heteroatoms. The van der Waals surface area contributed by atoms with E-state index in [1.54, 1.807) is 24.0 Å². The molecule has 0 bridgehead atoms. The maximum absolute atomic E-state index is 13.2. The number of amides is 1. The van der Waals surface area contributed by atoms with Crippen molar-refractivity contribution in [1.82, 2.24) is 14.6 Å². The van der Waals surface area contributed by atoms with E-state index in [1.807, 2.05) is 12.1 Å². The third-order valence-electron chi connectivity index (χ3n) is 6.35. The number of nitrogens with one attached hydrogen (secondary N) is 1. The summed E-state index contributed by atoms with van der Waals surface area (Å²) in [5, 5.41) is 3.69. The lowest BCUT2D eigenvalue weighted by Crippen LogP contribution is -2.42. The van der Waals surface area contributed by atoms with E-state index < -0.39 is 23.3 Å². The summed E-state index contributed by atoms with van der Waals surface area (Å²) in [6.07, 6.45) is -3.17. The summed E-state index contributed by atoms with van der Waals surface area (Å²) in [7, 11) is 1.32. The third kappa shape index (κ3) is 6.07. The molecule has 196 valence electrons. The largest absolute Gasteiger partial charge is 0.416 e. The van der Waals surface area contributed by atoms with Crippen molar-refractivity contribution in [2.75, 3.05) is 19.0 Å². The topological polar surface area (TPSA) is 76.5 Å². The quantitative estimate of drug-likeness (QED) is 0.477. The Hall–Kier alpha value is -3.53. The highest BCUT2D eigenvalue weighted by molar-refractivity contribution is 6.30. The van der Waals surface area contributed by atoms with Crippen LogP contribution in [0.2, 0.25) is 5.02 Å². The molecule has 1 amide bonds. The van der Waals surface area contributed by atoms with Crippen LogP contribution >= 0.6 is 11.6 Å². The molecule has 2 heterocycles. The molecule has 0 aliphatic carbocycles. The molecule has 3 aromatic rings. The van der Waals surface area contributed by atoms with Crippen molar-refractivity contribution >= 4 is 23.5 Å². The first-order chi connectivity index (χ1) is 17.6. The van der Waals surface area contributed by atoms with Crippen LogP contribution in [0.4, 0.5) is 19.1 Å². The lowest BCUT2D eigenvalue weighted by molar-refractivity contribution is -0.137. The van der Waals surface area contributed by atoms with Gasteiger partial charge in [0.15, 0.2) is 0 Å². The summed E-state index contributed by atoms with van der Waals surface area (Å²) in [6, 6.07) is 11.6. The molecule has 1 atom stereocenters. The molecule has 7 nitrogen and oxygen atoms in total. The number of anilines is 1. The number of carbonyl (C=O) groups is 1. The van der Waals surface area contributed by atoms with E-state index in [2.05, 4.69) is 10.3 Å². The number of hydrogen-bond acceptors (Lipinski definition) is 5. The van der Waals surface area contributed by atoms with Crippen LogP contribution in [-0.2, 0) is 30.4 Å². The van der Waals surface area contributed by atoms with Crippen molar-refractivity contribution in [3.8, 4) is 0 Å². The highest BCUT2D eigenvalue weighted by atomic mass is 35.5. The van der Waals surface area contributed by atoms with Gasteiger partial charge >= 0.3 is 6.18 Å². The van der Waals surface area contributed by atoms with Crippen molar-refractivity contribution in [1.29, 1.82) is 0 Å². The minimum Gasteiger partial charge on any atom is -0.411 e. The Labute approximate surface area is 216 Å². The summed E-state index contributed by atoms with van der Waals surface area (Å²) in [5.41, 5.74) is 1.33. The van der Waals surface area contributed by atoms with Gasteiger partial charge < -0.3 is 15.1 Å². The van der Waals surface area contributed by atoms with Crippen molar-refractivity contribution < 1.29 is 22.8 Å². The van der Waals surface area contributed by atoms with E-state index in [-0.39, 0.29) is 18.4 Å². The molecular weight excluding hydrogens is 509 g/mol. The van der Waals surface area contributed by atoms with Crippen LogP contribution < -0.4 is 15.7 Å². The zero-order valence-corrected chi connectivity index (χ0v) is 21.1. The van der Waals surface area contributed by atoms with Crippen LogP contribution in [-0.4, -0.2) is 34.2 Å². The fourth-order valence-corrected chi connectivity index (χ4v) is 4.36. The average Bonchev–Trinajstić information content (AvgIpc) is 2.88. The van der Waals surface area contributed by atoms with E-state index in [4.69, 9.17) is 16.4 Å². The molecule has 0 fully saturated rings. The number of aryl methyl sites for hydroxylation is 1. The second kappa shape index (κ2) is 10.8. The number of fused-ring (bicyclic) bond motifs is 1. The van der Waals surface area contributed by atoms with Gasteiger partial charge in [0.25, 0.3) is 5.56 Å². The number of benzene rings is 2. The Balaban J connectivity index is 1.47. The van der Waals surface area contributed by atoms with Crippen molar-refractivity contribution in [2.45, 2.75) is 44.9 Å². The zero-order valence-electron chi connectivity index (χ0n) is 20.3. The van der Waals surface area contributed by atoms with E-state index in [0.29, 0.717) is 47.7 Å². The second-order valence-corrected chi connectivity index (χ2v) is 9.26. The van der Waals surface area contributed by atoms with Gasteiger partial charge in [-0.3, -0.25) is 9.59 Å². The van der Waals surface area contributed by atoms with Crippen LogP contribution in [0.15, 0.2) is 53.3 Å². The lowest BCUT2D eigenvalue weighted by atomic mass is 10.0. The molecule has 1 unspecified atom stereocenters. The first kappa shape index (κ1) is 26.5. The van der Waals surface area contributed by atoms with Gasteiger partial charge in [0.2, 0.25) is 11.9 Å². The molecule has 1 aliphatic rings. The van der Waals surface area contributed by atoms with E-state index in [1.165, 1.54) is 19.2 Å². The molecule has 37 heavy (non-hydrogen) atoms. The predicted molar refractivity (Wildman–Crippen MR) is 133 cm³/mol. The Kier molecular flexibility index (Phi) is 7.77. The standard InChI is InChI=1S/C26H26ClF3N4O3/c1-16(18-6-8-19(9-7-18)26(28,29)30)31-25-32-22-13-14-33(15-21(22)24(36)34(25)37-2)23(35)12-5-17-3-10-20(27)11-4-17/h3-4,6-11,16H,5,12-15H2,1-2H3,(H,31,32). The van der Waals surface area contributed by atoms with Crippen LogP contribution in [0.5, 0.6) is 0 Å². The Morgan fingerprint density at radius 2 is 1.84 bits per heavy atom. The van der Waals surface area contributed by atoms with Gasteiger partial charge in [-0.2, -0.15) is 13.2 Å².